The van der Waals surface area contributed by atoms with Gasteiger partial charge in [0.25, 0.3) is 5.91 Å². The number of para-hydroxylation sites is 1. The van der Waals surface area contributed by atoms with Crippen molar-refractivity contribution >= 4 is 23.3 Å². The van der Waals surface area contributed by atoms with E-state index in [1.807, 2.05) is 24.3 Å². The number of piperidine rings is 1. The number of unbranched alkanes of at least 4 members (excludes halogenated alkanes) is 4. The molecule has 1 saturated heterocycles. The maximum atomic E-state index is 13.4. The molecule has 0 aromatic heterocycles. The molecule has 1 heterocycles. The quantitative estimate of drug-likeness (QED) is 0.134. The highest BCUT2D eigenvalue weighted by atomic mass is 16.2. The zero-order valence-electron chi connectivity index (χ0n) is 26.4. The van der Waals surface area contributed by atoms with Crippen molar-refractivity contribution in [3.8, 4) is 0 Å². The normalized spacial score (nSPS) is 13.8. The lowest BCUT2D eigenvalue weighted by molar-refractivity contribution is 0.0901. The molecule has 5 rings (SSSR count). The summed E-state index contributed by atoms with van der Waals surface area (Å²) in [6, 6.07) is 36.3. The summed E-state index contributed by atoms with van der Waals surface area (Å²) in [5, 5.41) is 9.02. The van der Waals surface area contributed by atoms with Gasteiger partial charge in [-0.1, -0.05) is 118 Å². The maximum Gasteiger partial charge on any atom is 0.323 e. The van der Waals surface area contributed by atoms with Gasteiger partial charge in [-0.25, -0.2) is 4.79 Å². The second kappa shape index (κ2) is 16.6. The molecule has 3 amide bonds. The minimum atomic E-state index is -0.372. The van der Waals surface area contributed by atoms with E-state index in [-0.39, 0.29) is 24.0 Å². The van der Waals surface area contributed by atoms with E-state index in [0.717, 1.165) is 38.0 Å². The Morgan fingerprint density at radius 3 is 1.96 bits per heavy atom. The van der Waals surface area contributed by atoms with E-state index >= 15 is 0 Å². The summed E-state index contributed by atoms with van der Waals surface area (Å²) in [4.78, 5) is 28.8. The van der Waals surface area contributed by atoms with E-state index in [0.29, 0.717) is 11.3 Å². The molecule has 0 unspecified atom stereocenters. The first-order valence-electron chi connectivity index (χ1n) is 16.5. The topological polar surface area (TPSA) is 73.5 Å². The van der Waals surface area contributed by atoms with Gasteiger partial charge < -0.3 is 16.0 Å². The fourth-order valence-electron chi connectivity index (χ4n) is 6.21. The number of nitrogens with zero attached hydrogens (tertiary/aromatic N) is 1. The molecule has 1 fully saturated rings. The Morgan fingerprint density at radius 2 is 1.31 bits per heavy atom. The highest BCUT2D eigenvalue weighted by molar-refractivity contribution is 6.06. The van der Waals surface area contributed by atoms with Gasteiger partial charge in [0.05, 0.1) is 17.3 Å². The third kappa shape index (κ3) is 9.29. The third-order valence-electron chi connectivity index (χ3n) is 8.66. The predicted octanol–water partition coefficient (Wildman–Crippen LogP) is 8.83. The summed E-state index contributed by atoms with van der Waals surface area (Å²) in [6.07, 6.45) is 9.05. The lowest BCUT2D eigenvalue weighted by atomic mass is 9.94. The van der Waals surface area contributed by atoms with Gasteiger partial charge in [0.1, 0.15) is 0 Å². The van der Waals surface area contributed by atoms with Crippen LogP contribution in [0, 0.1) is 0 Å². The fourth-order valence-corrected chi connectivity index (χ4v) is 6.21. The van der Waals surface area contributed by atoms with Crippen LogP contribution in [-0.2, 0) is 6.42 Å². The molecular weight excluding hydrogens is 556 g/mol. The number of benzene rings is 4. The average molecular weight is 603 g/mol. The van der Waals surface area contributed by atoms with Crippen molar-refractivity contribution in [1.29, 1.82) is 0 Å². The largest absolute Gasteiger partial charge is 0.349 e. The van der Waals surface area contributed by atoms with Crippen LogP contribution in [0.4, 0.5) is 16.2 Å². The van der Waals surface area contributed by atoms with E-state index < -0.39 is 0 Å². The number of amides is 3. The molecule has 1 aliphatic heterocycles. The van der Waals surface area contributed by atoms with Gasteiger partial charge in [-0.15, -0.1) is 0 Å². The van der Waals surface area contributed by atoms with E-state index in [2.05, 4.69) is 101 Å². The van der Waals surface area contributed by atoms with E-state index in [1.54, 1.807) is 12.1 Å². The van der Waals surface area contributed by atoms with Crippen molar-refractivity contribution in [1.82, 2.24) is 10.2 Å². The van der Waals surface area contributed by atoms with Crippen LogP contribution in [0.1, 0.15) is 85.0 Å². The number of anilines is 2. The van der Waals surface area contributed by atoms with Gasteiger partial charge in [-0.2, -0.15) is 0 Å². The standard InChI is InChI=1S/C39H46N4O2/c1-2-3-4-5-8-15-30-22-24-33(25-23-30)41-39(45)42-36-21-14-13-20-35(36)38(44)40-34-26-28-43(29-27-34)37(31-16-9-6-10-17-31)32-18-11-7-12-19-32/h6-7,9-14,16-25,34,37H,2-5,8,15,26-29H2,1H3,(H,40,44)(H2,41,42,45). The monoisotopic (exact) mass is 602 g/mol. The second-order valence-electron chi connectivity index (χ2n) is 12.0. The van der Waals surface area contributed by atoms with Crippen LogP contribution < -0.4 is 16.0 Å². The molecule has 0 radical (unpaired) electrons. The van der Waals surface area contributed by atoms with E-state index in [4.69, 9.17) is 0 Å². The first-order valence-corrected chi connectivity index (χ1v) is 16.5. The number of likely N-dealkylation sites (tertiary alicyclic amines) is 1. The number of rotatable bonds is 13. The first kappa shape index (κ1) is 32.0. The Morgan fingerprint density at radius 1 is 0.711 bits per heavy atom. The van der Waals surface area contributed by atoms with Crippen LogP contribution in [0.25, 0.3) is 0 Å². The maximum absolute atomic E-state index is 13.4. The number of aryl methyl sites for hydroxylation is 1. The van der Waals surface area contributed by atoms with E-state index in [9.17, 15) is 9.59 Å². The summed E-state index contributed by atoms with van der Waals surface area (Å²) in [7, 11) is 0. The Kier molecular flexibility index (Phi) is 11.8. The lowest BCUT2D eigenvalue weighted by Gasteiger charge is -2.38. The molecular formula is C39H46N4O2. The number of nitrogens with one attached hydrogen (secondary N) is 3. The van der Waals surface area contributed by atoms with Crippen LogP contribution in [0.2, 0.25) is 0 Å². The molecule has 0 spiro atoms. The van der Waals surface area contributed by atoms with Gasteiger partial charge in [0, 0.05) is 24.8 Å². The molecule has 45 heavy (non-hydrogen) atoms. The summed E-state index contributed by atoms with van der Waals surface area (Å²) in [5.41, 5.74) is 5.50. The molecule has 0 bridgehead atoms. The highest BCUT2D eigenvalue weighted by Crippen LogP contribution is 2.31. The number of carbonyl (C=O) groups excluding carboxylic acids is 2. The number of hydrogen-bond acceptors (Lipinski definition) is 3. The van der Waals surface area contributed by atoms with Gasteiger partial charge in [0.15, 0.2) is 0 Å². The van der Waals surface area contributed by atoms with Crippen molar-refractivity contribution in [2.75, 3.05) is 23.7 Å². The Labute approximate surface area is 268 Å². The predicted molar refractivity (Wildman–Crippen MR) is 185 cm³/mol. The van der Waals surface area contributed by atoms with Crippen molar-refractivity contribution in [3.63, 3.8) is 0 Å². The van der Waals surface area contributed by atoms with E-state index in [1.165, 1.54) is 48.8 Å². The van der Waals surface area contributed by atoms with Crippen LogP contribution in [0.5, 0.6) is 0 Å². The number of carbonyl (C=O) groups is 2. The fraction of sp³-hybridized carbons (Fsp3) is 0.333. The van der Waals surface area contributed by atoms with Crippen molar-refractivity contribution in [2.45, 2.75) is 70.4 Å². The van der Waals surface area contributed by atoms with Crippen LogP contribution in [0.15, 0.2) is 109 Å². The Hall–Kier alpha value is -4.42. The van der Waals surface area contributed by atoms with Crippen molar-refractivity contribution in [3.05, 3.63) is 131 Å². The SMILES string of the molecule is CCCCCCCc1ccc(NC(=O)Nc2ccccc2C(=O)NC2CCN(C(c3ccccc3)c3ccccc3)CC2)cc1. The number of urea groups is 1. The molecule has 0 atom stereocenters. The third-order valence-corrected chi connectivity index (χ3v) is 8.66. The van der Waals surface area contributed by atoms with Crippen LogP contribution >= 0.6 is 0 Å². The molecule has 0 aliphatic carbocycles. The Bertz CT molecular complexity index is 1440. The molecule has 3 N–H and O–H groups in total. The molecule has 1 aliphatic rings. The highest BCUT2D eigenvalue weighted by Gasteiger charge is 2.28. The zero-order chi connectivity index (χ0) is 31.3. The molecule has 0 saturated carbocycles. The summed E-state index contributed by atoms with van der Waals surface area (Å²) >= 11 is 0. The Balaban J connectivity index is 1.14. The first-order chi connectivity index (χ1) is 22.1. The number of hydrogen-bond donors (Lipinski definition) is 3. The minimum absolute atomic E-state index is 0.0630. The average Bonchev–Trinajstić information content (AvgIpc) is 3.07. The van der Waals surface area contributed by atoms with Gasteiger partial charge >= 0.3 is 6.03 Å². The second-order valence-corrected chi connectivity index (χ2v) is 12.0. The van der Waals surface area contributed by atoms with Crippen LogP contribution in [-0.4, -0.2) is 36.0 Å². The van der Waals surface area contributed by atoms with Crippen LogP contribution in [0.3, 0.4) is 0 Å². The van der Waals surface area contributed by atoms with Crippen molar-refractivity contribution < 1.29 is 9.59 Å². The molecule has 6 nitrogen and oxygen atoms in total. The van der Waals surface area contributed by atoms with Gasteiger partial charge in [-0.05, 0) is 66.6 Å². The van der Waals surface area contributed by atoms with Gasteiger partial charge in [-0.3, -0.25) is 9.69 Å². The zero-order valence-corrected chi connectivity index (χ0v) is 26.4. The lowest BCUT2D eigenvalue weighted by Crippen LogP contribution is -2.46. The molecule has 4 aromatic carbocycles. The minimum Gasteiger partial charge on any atom is -0.349 e. The van der Waals surface area contributed by atoms with Gasteiger partial charge in [0.2, 0.25) is 0 Å². The molecule has 6 heteroatoms. The van der Waals surface area contributed by atoms with Crippen molar-refractivity contribution in [2.24, 2.45) is 0 Å². The summed E-state index contributed by atoms with van der Waals surface area (Å²) < 4.78 is 0. The smallest absolute Gasteiger partial charge is 0.323 e. The summed E-state index contributed by atoms with van der Waals surface area (Å²) in [6.45, 7) is 3.98. The molecule has 4 aromatic rings. The summed E-state index contributed by atoms with van der Waals surface area (Å²) in [5.74, 6) is -0.171. The molecule has 234 valence electrons.